The highest BCUT2D eigenvalue weighted by Gasteiger charge is 2.17. The third kappa shape index (κ3) is 3.51. The summed E-state index contributed by atoms with van der Waals surface area (Å²) in [4.78, 5) is 16.1. The van der Waals surface area contributed by atoms with Crippen LogP contribution in [0.5, 0.6) is 0 Å². The van der Waals surface area contributed by atoms with Crippen LogP contribution >= 0.6 is 0 Å². The number of aliphatic hydroxyl groups excluding tert-OH is 1. The van der Waals surface area contributed by atoms with E-state index in [2.05, 4.69) is 10.3 Å². The van der Waals surface area contributed by atoms with Gasteiger partial charge in [-0.1, -0.05) is 0 Å². The number of nitrogens with zero attached hydrogens (tertiary/aromatic N) is 1. The fourth-order valence-electron chi connectivity index (χ4n) is 1.98. The van der Waals surface area contributed by atoms with E-state index in [-0.39, 0.29) is 18.6 Å². The summed E-state index contributed by atoms with van der Waals surface area (Å²) < 4.78 is 5.25. The molecule has 98 valence electrons. The highest BCUT2D eigenvalue weighted by atomic mass is 16.5. The molecule has 0 aromatic carbocycles. The molecule has 2 N–H and O–H groups in total. The number of rotatable bonds is 4. The van der Waals surface area contributed by atoms with E-state index in [9.17, 15) is 4.79 Å². The number of hydrogen-bond donors (Lipinski definition) is 2. The lowest BCUT2D eigenvalue weighted by Gasteiger charge is -2.23. The van der Waals surface area contributed by atoms with Crippen LogP contribution in [0.2, 0.25) is 0 Å². The van der Waals surface area contributed by atoms with Crippen LogP contribution < -0.4 is 5.32 Å². The molecule has 18 heavy (non-hydrogen) atoms. The molecule has 5 heteroatoms. The predicted molar refractivity (Wildman–Crippen MR) is 66.3 cm³/mol. The number of ether oxygens (including phenoxy) is 1. The Hall–Kier alpha value is -1.46. The Bertz CT molecular complexity index is 403. The van der Waals surface area contributed by atoms with Crippen molar-refractivity contribution in [3.63, 3.8) is 0 Å². The molecular formula is C13H18N2O3. The molecule has 0 radical (unpaired) electrons. The second-order valence-corrected chi connectivity index (χ2v) is 4.37. The van der Waals surface area contributed by atoms with Crippen LogP contribution in [-0.2, 0) is 11.2 Å². The number of nitrogens with one attached hydrogen (secondary N) is 1. The Kier molecular flexibility index (Phi) is 4.66. The van der Waals surface area contributed by atoms with E-state index < -0.39 is 0 Å². The monoisotopic (exact) mass is 250 g/mol. The lowest BCUT2D eigenvalue weighted by Crippen LogP contribution is -2.38. The molecular weight excluding hydrogens is 232 g/mol. The number of pyridine rings is 1. The van der Waals surface area contributed by atoms with Gasteiger partial charge in [-0.05, 0) is 25.0 Å². The van der Waals surface area contributed by atoms with Gasteiger partial charge in [0.15, 0.2) is 0 Å². The molecule has 0 aliphatic carbocycles. The van der Waals surface area contributed by atoms with Gasteiger partial charge < -0.3 is 15.2 Å². The first-order chi connectivity index (χ1) is 8.79. The molecule has 1 aromatic rings. The van der Waals surface area contributed by atoms with Gasteiger partial charge in [0.1, 0.15) is 0 Å². The van der Waals surface area contributed by atoms with Crippen molar-refractivity contribution in [3.8, 4) is 0 Å². The van der Waals surface area contributed by atoms with Crippen molar-refractivity contribution in [1.29, 1.82) is 0 Å². The van der Waals surface area contributed by atoms with E-state index in [1.54, 1.807) is 18.3 Å². The second kappa shape index (κ2) is 6.47. The van der Waals surface area contributed by atoms with Gasteiger partial charge in [0.25, 0.3) is 5.91 Å². The minimum Gasteiger partial charge on any atom is -0.396 e. The van der Waals surface area contributed by atoms with Crippen molar-refractivity contribution in [1.82, 2.24) is 10.3 Å². The Labute approximate surface area is 106 Å². The molecule has 0 unspecified atom stereocenters. The summed E-state index contributed by atoms with van der Waals surface area (Å²) in [6.07, 6.45) is 3.79. The fourth-order valence-corrected chi connectivity index (χ4v) is 1.98. The maximum atomic E-state index is 12.0. The van der Waals surface area contributed by atoms with Gasteiger partial charge >= 0.3 is 0 Å². The molecule has 1 saturated heterocycles. The number of amides is 1. The lowest BCUT2D eigenvalue weighted by molar-refractivity contribution is 0.0696. The van der Waals surface area contributed by atoms with Gasteiger partial charge in [-0.3, -0.25) is 9.78 Å². The average molecular weight is 250 g/mol. The third-order valence-electron chi connectivity index (χ3n) is 3.00. The molecule has 1 aliphatic rings. The van der Waals surface area contributed by atoms with Gasteiger partial charge in [0, 0.05) is 49.7 Å². The zero-order valence-corrected chi connectivity index (χ0v) is 10.3. The first kappa shape index (κ1) is 13.0. The predicted octanol–water partition coefficient (Wildman–Crippen LogP) is 0.525. The summed E-state index contributed by atoms with van der Waals surface area (Å²) in [6.45, 7) is 1.45. The van der Waals surface area contributed by atoms with Crippen molar-refractivity contribution >= 4 is 5.91 Å². The van der Waals surface area contributed by atoms with Crippen LogP contribution in [0.15, 0.2) is 18.3 Å². The maximum Gasteiger partial charge on any atom is 0.251 e. The SMILES string of the molecule is O=C(NC1CCOCC1)c1ccnc(CCO)c1. The fraction of sp³-hybridized carbons (Fsp3) is 0.538. The van der Waals surface area contributed by atoms with Crippen LogP contribution in [0, 0.1) is 0 Å². The van der Waals surface area contributed by atoms with E-state index in [4.69, 9.17) is 9.84 Å². The maximum absolute atomic E-state index is 12.0. The number of carbonyl (C=O) groups is 1. The van der Waals surface area contributed by atoms with Crippen molar-refractivity contribution < 1.29 is 14.6 Å². The molecule has 2 rings (SSSR count). The zero-order valence-electron chi connectivity index (χ0n) is 10.3. The van der Waals surface area contributed by atoms with E-state index in [1.165, 1.54) is 0 Å². The molecule has 1 amide bonds. The topological polar surface area (TPSA) is 71.5 Å². The van der Waals surface area contributed by atoms with Crippen molar-refractivity contribution in [2.45, 2.75) is 25.3 Å². The largest absolute Gasteiger partial charge is 0.396 e. The minimum atomic E-state index is -0.0801. The molecule has 1 aromatic heterocycles. The molecule has 5 nitrogen and oxygen atoms in total. The first-order valence-electron chi connectivity index (χ1n) is 6.24. The Morgan fingerprint density at radius 1 is 1.50 bits per heavy atom. The molecule has 2 heterocycles. The van der Waals surface area contributed by atoms with Crippen molar-refractivity contribution in [2.75, 3.05) is 19.8 Å². The van der Waals surface area contributed by atoms with Gasteiger partial charge in [-0.2, -0.15) is 0 Å². The van der Waals surface area contributed by atoms with Gasteiger partial charge in [0.05, 0.1) is 0 Å². The Balaban J connectivity index is 1.96. The quantitative estimate of drug-likeness (QED) is 0.817. The molecule has 0 atom stereocenters. The van der Waals surface area contributed by atoms with E-state index in [0.29, 0.717) is 25.2 Å². The first-order valence-corrected chi connectivity index (χ1v) is 6.24. The van der Waals surface area contributed by atoms with Gasteiger partial charge in [-0.25, -0.2) is 0 Å². The Morgan fingerprint density at radius 3 is 3.00 bits per heavy atom. The van der Waals surface area contributed by atoms with Crippen LogP contribution in [0.1, 0.15) is 28.9 Å². The average Bonchev–Trinajstić information content (AvgIpc) is 2.40. The number of aliphatic hydroxyl groups is 1. The summed E-state index contributed by atoms with van der Waals surface area (Å²) in [5, 5.41) is 11.9. The van der Waals surface area contributed by atoms with Crippen LogP contribution in [0.3, 0.4) is 0 Å². The van der Waals surface area contributed by atoms with Crippen molar-refractivity contribution in [3.05, 3.63) is 29.6 Å². The van der Waals surface area contributed by atoms with Gasteiger partial charge in [-0.15, -0.1) is 0 Å². The summed E-state index contributed by atoms with van der Waals surface area (Å²) in [5.41, 5.74) is 1.33. The molecule has 0 spiro atoms. The van der Waals surface area contributed by atoms with Gasteiger partial charge in [0.2, 0.25) is 0 Å². The smallest absolute Gasteiger partial charge is 0.251 e. The zero-order chi connectivity index (χ0) is 12.8. The highest BCUT2D eigenvalue weighted by Crippen LogP contribution is 2.08. The van der Waals surface area contributed by atoms with E-state index in [1.807, 2.05) is 0 Å². The van der Waals surface area contributed by atoms with Crippen LogP contribution in [0.25, 0.3) is 0 Å². The standard InChI is InChI=1S/C13H18N2O3/c16-6-2-12-9-10(1-5-14-12)13(17)15-11-3-7-18-8-4-11/h1,5,9,11,16H,2-4,6-8H2,(H,15,17). The highest BCUT2D eigenvalue weighted by molar-refractivity contribution is 5.94. The lowest BCUT2D eigenvalue weighted by atomic mass is 10.1. The molecule has 1 fully saturated rings. The second-order valence-electron chi connectivity index (χ2n) is 4.37. The molecule has 1 aliphatic heterocycles. The minimum absolute atomic E-state index is 0.0397. The molecule has 0 bridgehead atoms. The van der Waals surface area contributed by atoms with Crippen LogP contribution in [-0.4, -0.2) is 41.9 Å². The number of hydrogen-bond acceptors (Lipinski definition) is 4. The summed E-state index contributed by atoms with van der Waals surface area (Å²) in [6, 6.07) is 3.61. The normalized spacial score (nSPS) is 16.5. The van der Waals surface area contributed by atoms with E-state index >= 15 is 0 Å². The van der Waals surface area contributed by atoms with Crippen LogP contribution in [0.4, 0.5) is 0 Å². The summed E-state index contributed by atoms with van der Waals surface area (Å²) in [5.74, 6) is -0.0801. The number of carbonyl (C=O) groups excluding carboxylic acids is 1. The summed E-state index contributed by atoms with van der Waals surface area (Å²) >= 11 is 0. The number of aromatic nitrogens is 1. The third-order valence-corrected chi connectivity index (χ3v) is 3.00. The summed E-state index contributed by atoms with van der Waals surface area (Å²) in [7, 11) is 0. The molecule has 0 saturated carbocycles. The van der Waals surface area contributed by atoms with E-state index in [0.717, 1.165) is 18.5 Å². The Morgan fingerprint density at radius 2 is 2.28 bits per heavy atom. The van der Waals surface area contributed by atoms with Crippen molar-refractivity contribution in [2.24, 2.45) is 0 Å².